The predicted molar refractivity (Wildman–Crippen MR) is 73.4 cm³/mol. The van der Waals surface area contributed by atoms with Crippen molar-refractivity contribution >= 4 is 11.8 Å². The van der Waals surface area contributed by atoms with E-state index in [1.807, 2.05) is 0 Å². The van der Waals surface area contributed by atoms with Crippen molar-refractivity contribution in [3.05, 3.63) is 24.3 Å². The highest BCUT2D eigenvalue weighted by atomic mass is 16.5. The van der Waals surface area contributed by atoms with Gasteiger partial charge in [-0.1, -0.05) is 38.2 Å². The average Bonchev–Trinajstić information content (AvgIpc) is 2.36. The van der Waals surface area contributed by atoms with Crippen molar-refractivity contribution in [2.45, 2.75) is 33.1 Å². The summed E-state index contributed by atoms with van der Waals surface area (Å²) in [4.78, 5) is 24.0. The van der Waals surface area contributed by atoms with E-state index >= 15 is 0 Å². The van der Waals surface area contributed by atoms with Crippen molar-refractivity contribution in [2.24, 2.45) is 23.2 Å². The van der Waals surface area contributed by atoms with Gasteiger partial charge < -0.3 is 4.74 Å². The zero-order valence-corrected chi connectivity index (χ0v) is 11.9. The molecule has 1 fully saturated rings. The van der Waals surface area contributed by atoms with Crippen molar-refractivity contribution in [3.63, 3.8) is 0 Å². The number of carbonyl (C=O) groups excluding carboxylic acids is 2. The Morgan fingerprint density at radius 2 is 2.26 bits per heavy atom. The first-order valence-electron chi connectivity index (χ1n) is 6.85. The van der Waals surface area contributed by atoms with E-state index < -0.39 is 0 Å². The van der Waals surface area contributed by atoms with E-state index in [2.05, 4.69) is 25.7 Å². The molecule has 3 heteroatoms. The van der Waals surface area contributed by atoms with Crippen molar-refractivity contribution < 1.29 is 14.3 Å². The van der Waals surface area contributed by atoms with Crippen molar-refractivity contribution in [1.82, 2.24) is 0 Å². The third-order valence-electron chi connectivity index (χ3n) is 4.80. The van der Waals surface area contributed by atoms with E-state index in [0.29, 0.717) is 12.3 Å². The molecule has 0 unspecified atom stereocenters. The van der Waals surface area contributed by atoms with Gasteiger partial charge in [0.1, 0.15) is 5.78 Å². The van der Waals surface area contributed by atoms with Gasteiger partial charge in [-0.25, -0.2) is 0 Å². The molecule has 0 N–H and O–H groups in total. The summed E-state index contributed by atoms with van der Waals surface area (Å²) in [5.41, 5.74) is 1.07. The Labute approximate surface area is 114 Å². The molecule has 0 aromatic heterocycles. The van der Waals surface area contributed by atoms with Gasteiger partial charge in [-0.05, 0) is 24.2 Å². The summed E-state index contributed by atoms with van der Waals surface area (Å²) >= 11 is 0. The molecule has 3 nitrogen and oxygen atoms in total. The van der Waals surface area contributed by atoms with Gasteiger partial charge in [0.25, 0.3) is 0 Å². The predicted octanol–water partition coefficient (Wildman–Crippen LogP) is 2.91. The van der Waals surface area contributed by atoms with Crippen LogP contribution in [0.3, 0.4) is 0 Å². The number of hydrogen-bond donors (Lipinski definition) is 0. The summed E-state index contributed by atoms with van der Waals surface area (Å²) in [7, 11) is 1.37. The van der Waals surface area contributed by atoms with Crippen LogP contribution in [0.25, 0.3) is 0 Å². The molecule has 0 aromatic rings. The zero-order valence-electron chi connectivity index (χ0n) is 11.9. The van der Waals surface area contributed by atoms with Crippen LogP contribution in [-0.4, -0.2) is 18.9 Å². The number of rotatable bonds is 2. The van der Waals surface area contributed by atoms with Gasteiger partial charge in [0.2, 0.25) is 0 Å². The topological polar surface area (TPSA) is 43.4 Å². The first-order valence-corrected chi connectivity index (χ1v) is 6.85. The molecule has 0 amide bonds. The highest BCUT2D eigenvalue weighted by Gasteiger charge is 2.47. The molecule has 1 saturated carbocycles. The molecule has 0 heterocycles. The quantitative estimate of drug-likeness (QED) is 0.567. The monoisotopic (exact) mass is 262 g/mol. The summed E-state index contributed by atoms with van der Waals surface area (Å²) in [6.45, 7) is 8.06. The lowest BCUT2D eigenvalue weighted by atomic mass is 9.57. The van der Waals surface area contributed by atoms with Crippen molar-refractivity contribution in [3.8, 4) is 0 Å². The molecule has 0 aliphatic heterocycles. The second kappa shape index (κ2) is 4.95. The molecule has 19 heavy (non-hydrogen) atoms. The number of carbonyl (C=O) groups is 2. The van der Waals surface area contributed by atoms with Gasteiger partial charge in [-0.2, -0.15) is 0 Å². The Balaban J connectivity index is 2.24. The van der Waals surface area contributed by atoms with Crippen LogP contribution in [0.4, 0.5) is 0 Å². The van der Waals surface area contributed by atoms with Crippen LogP contribution in [-0.2, 0) is 14.3 Å². The number of allylic oxidation sites excluding steroid dienone is 3. The minimum absolute atomic E-state index is 0.112. The van der Waals surface area contributed by atoms with Crippen molar-refractivity contribution in [2.75, 3.05) is 7.11 Å². The molecule has 0 aromatic carbocycles. The molecule has 0 spiro atoms. The van der Waals surface area contributed by atoms with Crippen LogP contribution in [0.5, 0.6) is 0 Å². The highest BCUT2D eigenvalue weighted by molar-refractivity contribution is 5.88. The third kappa shape index (κ3) is 2.38. The molecule has 0 radical (unpaired) electrons. The van der Waals surface area contributed by atoms with E-state index in [1.54, 1.807) is 6.92 Å². The van der Waals surface area contributed by atoms with E-state index in [-0.39, 0.29) is 29.0 Å². The molecule has 4 atom stereocenters. The van der Waals surface area contributed by atoms with E-state index in [1.165, 1.54) is 12.7 Å². The second-order valence-corrected chi connectivity index (χ2v) is 6.12. The Morgan fingerprint density at radius 1 is 1.58 bits per heavy atom. The molecule has 2 aliphatic rings. The standard InChI is InChI=1S/C16H22O3/c1-10-6-5-7-16(3)9-14(17)12(8-13(10)16)11(2)15(18)19-4/h5,7,11-13H,1,6,8-9H2,2-4H3/t11-,12-,13+,16-/m1/s1. The average molecular weight is 262 g/mol. The molecular formula is C16H22O3. The summed E-state index contributed by atoms with van der Waals surface area (Å²) in [5.74, 6) is -0.406. The van der Waals surface area contributed by atoms with Crippen LogP contribution in [0.2, 0.25) is 0 Å². The summed E-state index contributed by atoms with van der Waals surface area (Å²) < 4.78 is 4.77. The Kier molecular flexibility index (Phi) is 3.66. The van der Waals surface area contributed by atoms with Crippen LogP contribution in [0, 0.1) is 23.2 Å². The summed E-state index contributed by atoms with van der Waals surface area (Å²) in [6, 6.07) is 0. The maximum Gasteiger partial charge on any atom is 0.309 e. The van der Waals surface area contributed by atoms with Gasteiger partial charge in [-0.3, -0.25) is 9.59 Å². The lowest BCUT2D eigenvalue weighted by Crippen LogP contribution is -2.44. The molecule has 0 bridgehead atoms. The molecule has 2 rings (SSSR count). The lowest BCUT2D eigenvalue weighted by molar-refractivity contribution is -0.151. The molecule has 2 aliphatic carbocycles. The van der Waals surface area contributed by atoms with E-state index in [0.717, 1.165) is 12.8 Å². The summed E-state index contributed by atoms with van der Waals surface area (Å²) in [6.07, 6.45) is 6.36. The fourth-order valence-electron chi connectivity index (χ4n) is 3.55. The highest BCUT2D eigenvalue weighted by Crippen LogP contribution is 2.50. The number of fused-ring (bicyclic) bond motifs is 1. The smallest absolute Gasteiger partial charge is 0.309 e. The minimum Gasteiger partial charge on any atom is -0.469 e. The minimum atomic E-state index is -0.360. The Bertz CT molecular complexity index is 449. The fourth-order valence-corrected chi connectivity index (χ4v) is 3.55. The second-order valence-electron chi connectivity index (χ2n) is 6.12. The molecule has 104 valence electrons. The third-order valence-corrected chi connectivity index (χ3v) is 4.80. The van der Waals surface area contributed by atoms with Gasteiger partial charge in [-0.15, -0.1) is 0 Å². The normalized spacial score (nSPS) is 35.7. The lowest BCUT2D eigenvalue weighted by Gasteiger charge is -2.45. The molecular weight excluding hydrogens is 240 g/mol. The first-order chi connectivity index (χ1) is 8.89. The van der Waals surface area contributed by atoms with Crippen LogP contribution in [0.15, 0.2) is 24.3 Å². The molecule has 0 saturated heterocycles. The van der Waals surface area contributed by atoms with Crippen molar-refractivity contribution in [1.29, 1.82) is 0 Å². The Hall–Kier alpha value is -1.38. The number of ether oxygens (including phenoxy) is 1. The van der Waals surface area contributed by atoms with Crippen LogP contribution in [0.1, 0.15) is 33.1 Å². The summed E-state index contributed by atoms with van der Waals surface area (Å²) in [5, 5.41) is 0. The number of esters is 1. The van der Waals surface area contributed by atoms with E-state index in [4.69, 9.17) is 4.74 Å². The van der Waals surface area contributed by atoms with Gasteiger partial charge in [0, 0.05) is 12.3 Å². The van der Waals surface area contributed by atoms with Gasteiger partial charge in [0.15, 0.2) is 0 Å². The number of Topliss-reactive ketones (excluding diaryl/α,β-unsaturated/α-hetero) is 1. The van der Waals surface area contributed by atoms with Gasteiger partial charge in [0.05, 0.1) is 13.0 Å². The first kappa shape index (κ1) is 14.0. The fraction of sp³-hybridized carbons (Fsp3) is 0.625. The largest absolute Gasteiger partial charge is 0.469 e. The number of hydrogen-bond acceptors (Lipinski definition) is 3. The number of methoxy groups -OCH3 is 1. The number of ketones is 1. The van der Waals surface area contributed by atoms with Crippen LogP contribution >= 0.6 is 0 Å². The van der Waals surface area contributed by atoms with Crippen LogP contribution < -0.4 is 0 Å². The van der Waals surface area contributed by atoms with Gasteiger partial charge >= 0.3 is 5.97 Å². The SMILES string of the molecule is C=C1CC=C[C@]2(C)CC(=O)[C@@H]([C@@H](C)C(=O)OC)C[C@@H]12. The maximum atomic E-state index is 12.4. The Morgan fingerprint density at radius 3 is 2.89 bits per heavy atom. The maximum absolute atomic E-state index is 12.4. The van der Waals surface area contributed by atoms with E-state index in [9.17, 15) is 9.59 Å². The zero-order chi connectivity index (χ0) is 14.2.